The van der Waals surface area contributed by atoms with Gasteiger partial charge in [0.05, 0.1) is 40.5 Å². The number of carboxylic acid groups (broad SMARTS) is 1. The summed E-state index contributed by atoms with van der Waals surface area (Å²) in [5.41, 5.74) is 2.90. The average molecular weight is 459 g/mol. The smallest absolute Gasteiger partial charge is 0.335 e. The van der Waals surface area contributed by atoms with Gasteiger partial charge in [-0.1, -0.05) is 41.9 Å². The summed E-state index contributed by atoms with van der Waals surface area (Å²) in [6.45, 7) is 2.34. The average Bonchev–Trinajstić information content (AvgIpc) is 2.82. The lowest BCUT2D eigenvalue weighted by atomic mass is 10.0. The summed E-state index contributed by atoms with van der Waals surface area (Å²) in [5, 5.41) is 28.2. The molecule has 0 aromatic heterocycles. The van der Waals surface area contributed by atoms with E-state index in [4.69, 9.17) is 26.2 Å². The van der Waals surface area contributed by atoms with Crippen molar-refractivity contribution >= 4 is 29.2 Å². The van der Waals surface area contributed by atoms with E-state index in [1.807, 2.05) is 13.0 Å². The number of aromatic carboxylic acids is 1. The van der Waals surface area contributed by atoms with Crippen LogP contribution >= 0.6 is 11.6 Å². The van der Waals surface area contributed by atoms with Crippen molar-refractivity contribution in [2.75, 3.05) is 6.61 Å². The van der Waals surface area contributed by atoms with E-state index in [9.17, 15) is 15.3 Å². The van der Waals surface area contributed by atoms with Crippen molar-refractivity contribution in [1.82, 2.24) is 0 Å². The Morgan fingerprint density at radius 2 is 1.76 bits per heavy atom. The highest BCUT2D eigenvalue weighted by atomic mass is 35.5. The standard InChI is InChI=1S/C26H19ClN2O4/c1-2-32-24-13-17(11-22(15-29)18-7-9-19(10-8-18)26(30)31)12-23(27)25(24)33-16-21-6-4-3-5-20(21)14-28/h3-13H,2,16H2,1H3,(H,30,31)/b22-11-. The van der Waals surface area contributed by atoms with Gasteiger partial charge in [-0.3, -0.25) is 0 Å². The van der Waals surface area contributed by atoms with E-state index in [2.05, 4.69) is 12.1 Å². The minimum atomic E-state index is -1.04. The molecule has 7 heteroatoms. The predicted octanol–water partition coefficient (Wildman–Crippen LogP) is 5.95. The first-order valence-electron chi connectivity index (χ1n) is 9.99. The molecule has 0 unspecified atom stereocenters. The Hall–Kier alpha value is -4.26. The molecule has 0 aliphatic rings. The first-order chi connectivity index (χ1) is 16.0. The third kappa shape index (κ3) is 5.71. The van der Waals surface area contributed by atoms with E-state index in [0.717, 1.165) is 5.56 Å². The number of nitrogens with zero attached hydrogens (tertiary/aromatic N) is 2. The normalized spacial score (nSPS) is 10.7. The quantitative estimate of drug-likeness (QED) is 0.330. The van der Waals surface area contributed by atoms with Crippen LogP contribution in [0.25, 0.3) is 11.6 Å². The summed E-state index contributed by atoms with van der Waals surface area (Å²) in [5.74, 6) is -0.290. The monoisotopic (exact) mass is 458 g/mol. The molecule has 0 atom stereocenters. The molecule has 0 aliphatic carbocycles. The molecule has 1 N–H and O–H groups in total. The van der Waals surface area contributed by atoms with Crippen LogP contribution in [0, 0.1) is 22.7 Å². The maximum atomic E-state index is 11.1. The third-order valence-corrected chi connectivity index (χ3v) is 5.00. The van der Waals surface area contributed by atoms with Crippen molar-refractivity contribution < 1.29 is 19.4 Å². The first-order valence-corrected chi connectivity index (χ1v) is 10.4. The van der Waals surface area contributed by atoms with Crippen LogP contribution in [0.1, 0.15) is 39.5 Å². The number of hydrogen-bond donors (Lipinski definition) is 1. The SMILES string of the molecule is CCOc1cc(/C=C(/C#N)c2ccc(C(=O)O)cc2)cc(Cl)c1OCc1ccccc1C#N. The highest BCUT2D eigenvalue weighted by Crippen LogP contribution is 2.38. The molecule has 0 saturated heterocycles. The molecule has 0 saturated carbocycles. The predicted molar refractivity (Wildman–Crippen MR) is 125 cm³/mol. The molecule has 164 valence electrons. The minimum absolute atomic E-state index is 0.136. The topological polar surface area (TPSA) is 103 Å². The number of benzene rings is 3. The van der Waals surface area contributed by atoms with Crippen LogP contribution in [0.5, 0.6) is 11.5 Å². The van der Waals surface area contributed by atoms with E-state index in [1.54, 1.807) is 48.5 Å². The van der Waals surface area contributed by atoms with E-state index < -0.39 is 5.97 Å². The van der Waals surface area contributed by atoms with E-state index in [1.165, 1.54) is 12.1 Å². The Bertz CT molecular complexity index is 1290. The van der Waals surface area contributed by atoms with Crippen molar-refractivity contribution in [2.24, 2.45) is 0 Å². The zero-order valence-electron chi connectivity index (χ0n) is 17.7. The molecule has 3 aromatic carbocycles. The number of rotatable bonds is 8. The molecule has 6 nitrogen and oxygen atoms in total. The molecule has 0 bridgehead atoms. The molecular formula is C26H19ClN2O4. The van der Waals surface area contributed by atoms with Crippen molar-refractivity contribution in [3.05, 3.63) is 93.5 Å². The molecule has 0 fully saturated rings. The van der Waals surface area contributed by atoms with Gasteiger partial charge in [-0.05, 0) is 54.5 Å². The lowest BCUT2D eigenvalue weighted by Gasteiger charge is -2.15. The van der Waals surface area contributed by atoms with Crippen molar-refractivity contribution in [2.45, 2.75) is 13.5 Å². The molecule has 3 rings (SSSR count). The van der Waals surface area contributed by atoms with Crippen LogP contribution in [0.15, 0.2) is 60.7 Å². The lowest BCUT2D eigenvalue weighted by molar-refractivity contribution is 0.0697. The van der Waals surface area contributed by atoms with Gasteiger partial charge in [-0.25, -0.2) is 4.79 Å². The van der Waals surface area contributed by atoms with Crippen LogP contribution < -0.4 is 9.47 Å². The summed E-state index contributed by atoms with van der Waals surface area (Å²) < 4.78 is 11.6. The second kappa shape index (κ2) is 10.9. The van der Waals surface area contributed by atoms with Crippen molar-refractivity contribution in [3.8, 4) is 23.6 Å². The number of allylic oxidation sites excluding steroid dienone is 1. The molecule has 0 spiro atoms. The van der Waals surface area contributed by atoms with Crippen LogP contribution in [0.3, 0.4) is 0 Å². The summed E-state index contributed by atoms with van der Waals surface area (Å²) in [6, 6.07) is 20.8. The number of hydrogen-bond acceptors (Lipinski definition) is 5. The highest BCUT2D eigenvalue weighted by molar-refractivity contribution is 6.32. The zero-order chi connectivity index (χ0) is 23.8. The summed E-state index contributed by atoms with van der Waals surface area (Å²) >= 11 is 6.49. The number of halogens is 1. The Labute approximate surface area is 196 Å². The maximum Gasteiger partial charge on any atom is 0.335 e. The van der Waals surface area contributed by atoms with Crippen molar-refractivity contribution in [1.29, 1.82) is 10.5 Å². The molecule has 0 aliphatic heterocycles. The Kier molecular flexibility index (Phi) is 7.70. The zero-order valence-corrected chi connectivity index (χ0v) is 18.5. The number of carboxylic acids is 1. The highest BCUT2D eigenvalue weighted by Gasteiger charge is 2.14. The van der Waals surface area contributed by atoms with Crippen LogP contribution in [-0.2, 0) is 6.61 Å². The molecule has 3 aromatic rings. The number of ether oxygens (including phenoxy) is 2. The third-order valence-electron chi connectivity index (χ3n) is 4.72. The van der Waals surface area contributed by atoms with E-state index >= 15 is 0 Å². The van der Waals surface area contributed by atoms with Crippen LogP contribution in [0.2, 0.25) is 5.02 Å². The fraction of sp³-hybridized carbons (Fsp3) is 0.115. The number of carbonyl (C=O) groups is 1. The van der Waals surface area contributed by atoms with Gasteiger partial charge in [0, 0.05) is 5.56 Å². The molecule has 33 heavy (non-hydrogen) atoms. The first kappa shape index (κ1) is 23.4. The summed E-state index contributed by atoms with van der Waals surface area (Å²) in [7, 11) is 0. The van der Waals surface area contributed by atoms with Gasteiger partial charge in [0.1, 0.15) is 6.61 Å². The van der Waals surface area contributed by atoms with Crippen LogP contribution in [0.4, 0.5) is 0 Å². The fourth-order valence-corrected chi connectivity index (χ4v) is 3.39. The maximum absolute atomic E-state index is 11.1. The van der Waals surface area contributed by atoms with Gasteiger partial charge in [0.15, 0.2) is 11.5 Å². The summed E-state index contributed by atoms with van der Waals surface area (Å²) in [6.07, 6.45) is 1.64. The second-order valence-corrected chi connectivity index (χ2v) is 7.28. The largest absolute Gasteiger partial charge is 0.490 e. The fourth-order valence-electron chi connectivity index (χ4n) is 3.12. The Balaban J connectivity index is 1.93. The Morgan fingerprint density at radius 1 is 1.06 bits per heavy atom. The molecule has 0 amide bonds. The molecule has 0 heterocycles. The molecular weight excluding hydrogens is 440 g/mol. The summed E-state index contributed by atoms with van der Waals surface area (Å²) in [4.78, 5) is 11.1. The van der Waals surface area contributed by atoms with Gasteiger partial charge in [-0.15, -0.1) is 0 Å². The van der Waals surface area contributed by atoms with E-state index in [0.29, 0.717) is 45.4 Å². The second-order valence-electron chi connectivity index (χ2n) is 6.87. The van der Waals surface area contributed by atoms with Gasteiger partial charge in [0.25, 0.3) is 0 Å². The van der Waals surface area contributed by atoms with E-state index in [-0.39, 0.29) is 12.2 Å². The van der Waals surface area contributed by atoms with Gasteiger partial charge in [0.2, 0.25) is 0 Å². The van der Waals surface area contributed by atoms with Crippen molar-refractivity contribution in [3.63, 3.8) is 0 Å². The minimum Gasteiger partial charge on any atom is -0.490 e. The van der Waals surface area contributed by atoms with Gasteiger partial charge in [-0.2, -0.15) is 10.5 Å². The van der Waals surface area contributed by atoms with Gasteiger partial charge < -0.3 is 14.6 Å². The lowest BCUT2D eigenvalue weighted by Crippen LogP contribution is -2.02. The van der Waals surface area contributed by atoms with Crippen LogP contribution in [-0.4, -0.2) is 17.7 Å². The Morgan fingerprint density at radius 3 is 2.39 bits per heavy atom. The number of nitriles is 2. The van der Waals surface area contributed by atoms with Gasteiger partial charge >= 0.3 is 5.97 Å². The molecule has 0 radical (unpaired) electrons.